The number of methoxy groups -OCH3 is 1. The minimum absolute atomic E-state index is 0.0380. The van der Waals surface area contributed by atoms with Crippen LogP contribution in [0, 0.1) is 5.92 Å². The molecule has 3 aliphatic heterocycles. The maximum atomic E-state index is 11.1. The summed E-state index contributed by atoms with van der Waals surface area (Å²) in [6.45, 7) is 3.08. The molecule has 3 fully saturated rings. The molecule has 0 radical (unpaired) electrons. The summed E-state index contributed by atoms with van der Waals surface area (Å²) in [5, 5.41) is 10.6. The lowest BCUT2D eigenvalue weighted by molar-refractivity contribution is -0.325. The van der Waals surface area contributed by atoms with Crippen LogP contribution in [-0.4, -0.2) is 100 Å². The van der Waals surface area contributed by atoms with Crippen LogP contribution in [0.2, 0.25) is 0 Å². The Balaban J connectivity index is 1.77. The van der Waals surface area contributed by atoms with Crippen LogP contribution in [0.1, 0.15) is 20.3 Å². The molecule has 0 amide bonds. The van der Waals surface area contributed by atoms with Gasteiger partial charge in [0.05, 0.1) is 12.7 Å². The summed E-state index contributed by atoms with van der Waals surface area (Å²) in [6.07, 6.45) is -10.2. The minimum Gasteiger partial charge on any atom is -0.726 e. The third kappa shape index (κ3) is 5.71. The highest BCUT2D eigenvalue weighted by atomic mass is 32.3. The monoisotopic (exact) mass is 492 g/mol. The average molecular weight is 492 g/mol. The smallest absolute Gasteiger partial charge is 0.218 e. The normalized spacial score (nSPS) is 43.8. The average Bonchev–Trinajstić information content (AvgIpc) is 2.95. The van der Waals surface area contributed by atoms with Gasteiger partial charge < -0.3 is 37.9 Å². The van der Waals surface area contributed by atoms with E-state index in [1.165, 1.54) is 14.0 Å². The number of hydrogen-bond acceptors (Lipinski definition) is 14. The first kappa shape index (κ1) is 25.1. The van der Waals surface area contributed by atoms with Crippen LogP contribution in [-0.2, 0) is 52.8 Å². The van der Waals surface area contributed by atoms with Crippen LogP contribution in [0.15, 0.2) is 0 Å². The molecular weight excluding hydrogens is 468 g/mol. The van der Waals surface area contributed by atoms with E-state index in [1.54, 1.807) is 6.92 Å². The largest absolute Gasteiger partial charge is 0.726 e. The van der Waals surface area contributed by atoms with Gasteiger partial charge in [-0.3, -0.25) is 8.37 Å². The number of hydrogen-bond donors (Lipinski definition) is 1. The molecule has 0 spiro atoms. The molecule has 3 heterocycles. The van der Waals surface area contributed by atoms with Crippen molar-refractivity contribution in [1.29, 1.82) is 0 Å². The van der Waals surface area contributed by atoms with Gasteiger partial charge in [0.25, 0.3) is 0 Å². The van der Waals surface area contributed by atoms with Crippen molar-refractivity contribution in [2.75, 3.05) is 13.7 Å². The van der Waals surface area contributed by atoms with Gasteiger partial charge in [0, 0.05) is 13.0 Å². The highest BCUT2D eigenvalue weighted by Crippen LogP contribution is 2.38. The molecular formula is C15H24O14S2-2. The Hall–Kier alpha value is -0.500. The lowest BCUT2D eigenvalue weighted by Gasteiger charge is -2.46. The Morgan fingerprint density at radius 3 is 2.16 bits per heavy atom. The zero-order valence-corrected chi connectivity index (χ0v) is 18.4. The number of rotatable bonds is 8. The van der Waals surface area contributed by atoms with Crippen LogP contribution in [0.3, 0.4) is 0 Å². The Labute approximate surface area is 179 Å². The van der Waals surface area contributed by atoms with Gasteiger partial charge in [0.2, 0.25) is 20.8 Å². The Kier molecular flexibility index (Phi) is 7.62. The van der Waals surface area contributed by atoms with Gasteiger partial charge in [-0.25, -0.2) is 16.8 Å². The van der Waals surface area contributed by atoms with E-state index < -0.39 is 82.0 Å². The molecule has 182 valence electrons. The Bertz CT molecular complexity index is 829. The summed E-state index contributed by atoms with van der Waals surface area (Å²) in [4.78, 5) is 0. The Morgan fingerprint density at radius 2 is 1.61 bits per heavy atom. The summed E-state index contributed by atoms with van der Waals surface area (Å²) in [5.41, 5.74) is 0. The lowest BCUT2D eigenvalue weighted by Crippen LogP contribution is -2.60. The van der Waals surface area contributed by atoms with Gasteiger partial charge in [-0.05, 0) is 6.42 Å². The fraction of sp³-hybridized carbons (Fsp3) is 1.00. The zero-order valence-electron chi connectivity index (χ0n) is 16.8. The molecule has 10 atom stereocenters. The molecule has 16 heteroatoms. The van der Waals surface area contributed by atoms with Gasteiger partial charge in [-0.15, -0.1) is 0 Å². The number of aliphatic hydroxyl groups excluding tert-OH is 1. The quantitative estimate of drug-likeness (QED) is 0.287. The van der Waals surface area contributed by atoms with Crippen molar-refractivity contribution in [2.45, 2.75) is 75.6 Å². The molecule has 1 N–H and O–H groups in total. The molecule has 2 bridgehead atoms. The van der Waals surface area contributed by atoms with Gasteiger partial charge in [0.1, 0.15) is 30.5 Å². The zero-order chi connectivity index (χ0) is 23.1. The van der Waals surface area contributed by atoms with E-state index in [9.17, 15) is 31.0 Å². The van der Waals surface area contributed by atoms with Crippen LogP contribution >= 0.6 is 0 Å². The van der Waals surface area contributed by atoms with Gasteiger partial charge in [0.15, 0.2) is 18.7 Å². The first-order valence-corrected chi connectivity index (χ1v) is 12.1. The van der Waals surface area contributed by atoms with Crippen LogP contribution < -0.4 is 0 Å². The van der Waals surface area contributed by atoms with E-state index in [2.05, 4.69) is 8.37 Å². The van der Waals surface area contributed by atoms with E-state index in [4.69, 9.17) is 23.7 Å². The molecule has 31 heavy (non-hydrogen) atoms. The van der Waals surface area contributed by atoms with E-state index in [1.807, 2.05) is 0 Å². The van der Waals surface area contributed by atoms with Crippen molar-refractivity contribution in [3.8, 4) is 0 Å². The summed E-state index contributed by atoms with van der Waals surface area (Å²) < 4.78 is 103. The van der Waals surface area contributed by atoms with E-state index in [-0.39, 0.29) is 13.0 Å². The first-order valence-electron chi connectivity index (χ1n) is 9.41. The molecule has 14 nitrogen and oxygen atoms in total. The SMILES string of the molecule is CCC1O[C@@H](O[C@H]2C3COC2[C@H](OS(=O)(=O)[O-])[C@@H](OC)O3)C(O)[C@@H](C)[C@H]1OS(=O)(=O)[O-]. The van der Waals surface area contributed by atoms with Crippen LogP contribution in [0.25, 0.3) is 0 Å². The molecule has 4 unspecified atom stereocenters. The van der Waals surface area contributed by atoms with Crippen molar-refractivity contribution >= 4 is 20.8 Å². The summed E-state index contributed by atoms with van der Waals surface area (Å²) in [7, 11) is -8.95. The molecule has 0 aromatic carbocycles. The minimum atomic E-state index is -5.13. The van der Waals surface area contributed by atoms with Crippen molar-refractivity contribution in [2.24, 2.45) is 5.92 Å². The highest BCUT2D eigenvalue weighted by molar-refractivity contribution is 7.81. The topological polar surface area (TPSA) is 199 Å². The van der Waals surface area contributed by atoms with Crippen LogP contribution in [0.5, 0.6) is 0 Å². The van der Waals surface area contributed by atoms with Crippen molar-refractivity contribution in [3.05, 3.63) is 0 Å². The lowest BCUT2D eigenvalue weighted by atomic mass is 9.89. The summed E-state index contributed by atoms with van der Waals surface area (Å²) in [5.74, 6) is -0.878. The van der Waals surface area contributed by atoms with Crippen molar-refractivity contribution in [3.63, 3.8) is 0 Å². The molecule has 0 saturated carbocycles. The predicted octanol–water partition coefficient (Wildman–Crippen LogP) is -2.04. The third-order valence-corrected chi connectivity index (χ3v) is 6.35. The van der Waals surface area contributed by atoms with E-state index >= 15 is 0 Å². The van der Waals surface area contributed by atoms with Crippen LogP contribution in [0.4, 0.5) is 0 Å². The number of fused-ring (bicyclic) bond motifs is 2. The molecule has 3 rings (SSSR count). The molecule has 3 saturated heterocycles. The van der Waals surface area contributed by atoms with Crippen molar-refractivity contribution in [1.82, 2.24) is 0 Å². The molecule has 0 aliphatic carbocycles. The van der Waals surface area contributed by atoms with E-state index in [0.29, 0.717) is 0 Å². The van der Waals surface area contributed by atoms with Gasteiger partial charge in [-0.2, -0.15) is 0 Å². The molecule has 3 aliphatic rings. The molecule has 0 aromatic rings. The maximum absolute atomic E-state index is 11.1. The number of ether oxygens (including phenoxy) is 5. The second-order valence-corrected chi connectivity index (χ2v) is 9.43. The first-order chi connectivity index (χ1) is 14.3. The summed E-state index contributed by atoms with van der Waals surface area (Å²) in [6, 6.07) is 0. The molecule has 0 aromatic heterocycles. The highest BCUT2D eigenvalue weighted by Gasteiger charge is 2.56. The standard InChI is InChI=1S/C15H26O14S2/c1-4-7-10(28-30(17,18)19)6(2)9(16)14(25-7)27-11-8-5-24-12(11)13(15(23-3)26-8)29-31(20,21)22/h6-16H,4-5H2,1-3H3,(H,17,18,19)(H,20,21,22)/p-2/t6-,7?,8?,9?,10-,11+,12?,13+,14+,15+/m1/s1. The Morgan fingerprint density at radius 1 is 1.00 bits per heavy atom. The fourth-order valence-corrected chi connectivity index (χ4v) is 5.04. The third-order valence-electron chi connectivity index (χ3n) is 5.44. The second-order valence-electron chi connectivity index (χ2n) is 7.42. The maximum Gasteiger partial charge on any atom is 0.218 e. The number of aliphatic hydroxyl groups is 1. The van der Waals surface area contributed by atoms with Crippen molar-refractivity contribution < 1.29 is 63.1 Å². The van der Waals surface area contributed by atoms with E-state index in [0.717, 1.165) is 0 Å². The predicted molar refractivity (Wildman–Crippen MR) is 93.5 cm³/mol. The fourth-order valence-electron chi connectivity index (χ4n) is 3.99. The van der Waals surface area contributed by atoms with Gasteiger partial charge in [-0.1, -0.05) is 13.8 Å². The summed E-state index contributed by atoms with van der Waals surface area (Å²) >= 11 is 0. The second kappa shape index (κ2) is 9.40. The van der Waals surface area contributed by atoms with Gasteiger partial charge >= 0.3 is 0 Å².